The van der Waals surface area contributed by atoms with Gasteiger partial charge in [-0.3, -0.25) is 0 Å². The normalized spacial score (nSPS) is 20.4. The van der Waals surface area contributed by atoms with Gasteiger partial charge in [0.15, 0.2) is 0 Å². The molecule has 6 nitrogen and oxygen atoms in total. The van der Waals surface area contributed by atoms with E-state index in [9.17, 15) is 14.0 Å². The zero-order valence-corrected chi connectivity index (χ0v) is 15.8. The van der Waals surface area contributed by atoms with Crippen LogP contribution in [0.2, 0.25) is 0 Å². The average molecular weight is 366 g/mol. The quantitative estimate of drug-likeness (QED) is 0.820. The zero-order valence-electron chi connectivity index (χ0n) is 15.8. The summed E-state index contributed by atoms with van der Waals surface area (Å²) in [6.45, 7) is 5.66. The first kappa shape index (κ1) is 20.0. The van der Waals surface area contributed by atoms with Gasteiger partial charge in [-0.25, -0.2) is 14.0 Å². The van der Waals surface area contributed by atoms with Crippen molar-refractivity contribution in [1.29, 1.82) is 0 Å². The van der Waals surface area contributed by atoms with Crippen LogP contribution in [0.4, 0.5) is 14.0 Å². The molecule has 1 saturated heterocycles. The van der Waals surface area contributed by atoms with E-state index in [-0.39, 0.29) is 13.2 Å². The predicted molar refractivity (Wildman–Crippen MR) is 95.5 cm³/mol. The van der Waals surface area contributed by atoms with Crippen LogP contribution in [0.1, 0.15) is 32.8 Å². The molecule has 1 aliphatic rings. The standard InChI is InChI=1S/C19H27FN2O4/c1-19(2,3)26-18(24)22-11-10-16(15(20)12-22)21(4)17(23)25-13-14-8-6-5-7-9-14/h5-9,15-16H,10-13H2,1-4H3/t15-,16+/m0/s1. The average Bonchev–Trinajstić information content (AvgIpc) is 2.58. The molecule has 1 aromatic rings. The number of likely N-dealkylation sites (tertiary alicyclic amines) is 1. The summed E-state index contributed by atoms with van der Waals surface area (Å²) >= 11 is 0. The van der Waals surface area contributed by atoms with Gasteiger partial charge in [-0.2, -0.15) is 0 Å². The van der Waals surface area contributed by atoms with Gasteiger partial charge in [-0.1, -0.05) is 30.3 Å². The molecule has 1 fully saturated rings. The summed E-state index contributed by atoms with van der Waals surface area (Å²) in [5, 5.41) is 0. The lowest BCUT2D eigenvalue weighted by atomic mass is 10.0. The van der Waals surface area contributed by atoms with Gasteiger partial charge < -0.3 is 19.3 Å². The number of amides is 2. The summed E-state index contributed by atoms with van der Waals surface area (Å²) in [6, 6.07) is 8.67. The third-order valence-electron chi connectivity index (χ3n) is 4.15. The minimum atomic E-state index is -1.36. The second-order valence-corrected chi connectivity index (χ2v) is 7.45. The van der Waals surface area contributed by atoms with Crippen molar-refractivity contribution in [3.05, 3.63) is 35.9 Å². The van der Waals surface area contributed by atoms with E-state index >= 15 is 0 Å². The van der Waals surface area contributed by atoms with Crippen molar-refractivity contribution in [2.45, 2.75) is 51.6 Å². The van der Waals surface area contributed by atoms with Crippen LogP contribution in [0.3, 0.4) is 0 Å². The number of hydrogen-bond acceptors (Lipinski definition) is 4. The van der Waals surface area contributed by atoms with Crippen LogP contribution in [-0.4, -0.2) is 59.9 Å². The molecule has 2 rings (SSSR count). The first-order valence-electron chi connectivity index (χ1n) is 8.73. The maximum Gasteiger partial charge on any atom is 0.410 e. The number of halogens is 1. The maximum atomic E-state index is 14.6. The fraction of sp³-hybridized carbons (Fsp3) is 0.579. The number of nitrogens with zero attached hydrogens (tertiary/aromatic N) is 2. The Bertz CT molecular complexity index is 618. The lowest BCUT2D eigenvalue weighted by Gasteiger charge is -2.38. The Labute approximate surface area is 153 Å². The molecular weight excluding hydrogens is 339 g/mol. The highest BCUT2D eigenvalue weighted by atomic mass is 19.1. The number of piperidine rings is 1. The van der Waals surface area contributed by atoms with Gasteiger partial charge >= 0.3 is 12.2 Å². The number of carbonyl (C=O) groups excluding carboxylic acids is 2. The molecule has 0 saturated carbocycles. The zero-order chi connectivity index (χ0) is 19.3. The Morgan fingerprint density at radius 1 is 1.27 bits per heavy atom. The molecular formula is C19H27FN2O4. The molecule has 0 bridgehead atoms. The van der Waals surface area contributed by atoms with E-state index in [2.05, 4.69) is 0 Å². The van der Waals surface area contributed by atoms with Gasteiger partial charge in [0, 0.05) is 13.6 Å². The smallest absolute Gasteiger partial charge is 0.410 e. The van der Waals surface area contributed by atoms with E-state index in [0.29, 0.717) is 13.0 Å². The number of hydrogen-bond donors (Lipinski definition) is 0. The van der Waals surface area contributed by atoms with Gasteiger partial charge in [0.05, 0.1) is 12.6 Å². The number of alkyl halides is 1. The van der Waals surface area contributed by atoms with Crippen LogP contribution in [0.5, 0.6) is 0 Å². The van der Waals surface area contributed by atoms with Crippen molar-refractivity contribution in [2.75, 3.05) is 20.1 Å². The fourth-order valence-corrected chi connectivity index (χ4v) is 2.78. The minimum Gasteiger partial charge on any atom is -0.445 e. The van der Waals surface area contributed by atoms with Crippen LogP contribution < -0.4 is 0 Å². The highest BCUT2D eigenvalue weighted by Crippen LogP contribution is 2.21. The van der Waals surface area contributed by atoms with Crippen LogP contribution in [0.25, 0.3) is 0 Å². The van der Waals surface area contributed by atoms with Crippen molar-refractivity contribution < 1.29 is 23.5 Å². The topological polar surface area (TPSA) is 59.1 Å². The van der Waals surface area contributed by atoms with Gasteiger partial charge in [0.25, 0.3) is 0 Å². The van der Waals surface area contributed by atoms with Gasteiger partial charge in [-0.15, -0.1) is 0 Å². The molecule has 1 aromatic carbocycles. The summed E-state index contributed by atoms with van der Waals surface area (Å²) < 4.78 is 25.1. The van der Waals surface area contributed by atoms with Crippen molar-refractivity contribution in [3.63, 3.8) is 0 Å². The van der Waals surface area contributed by atoms with Gasteiger partial charge in [0.2, 0.25) is 0 Å². The Morgan fingerprint density at radius 2 is 1.92 bits per heavy atom. The molecule has 0 N–H and O–H groups in total. The first-order chi connectivity index (χ1) is 12.2. The Balaban J connectivity index is 1.85. The Kier molecular flexibility index (Phi) is 6.45. The summed E-state index contributed by atoms with van der Waals surface area (Å²) in [4.78, 5) is 26.9. The Morgan fingerprint density at radius 3 is 2.50 bits per heavy atom. The van der Waals surface area contributed by atoms with E-state index in [4.69, 9.17) is 9.47 Å². The van der Waals surface area contributed by atoms with Crippen LogP contribution in [-0.2, 0) is 16.1 Å². The second kappa shape index (κ2) is 8.38. The molecule has 26 heavy (non-hydrogen) atoms. The molecule has 0 aliphatic carbocycles. The fourth-order valence-electron chi connectivity index (χ4n) is 2.78. The lowest BCUT2D eigenvalue weighted by Crippen LogP contribution is -2.54. The van der Waals surface area contributed by atoms with Crippen LogP contribution in [0, 0.1) is 0 Å². The van der Waals surface area contributed by atoms with E-state index in [1.807, 2.05) is 30.3 Å². The third kappa shape index (κ3) is 5.61. The van der Waals surface area contributed by atoms with E-state index in [0.717, 1.165) is 5.56 Å². The molecule has 0 aromatic heterocycles. The molecule has 0 radical (unpaired) electrons. The van der Waals surface area contributed by atoms with Crippen LogP contribution >= 0.6 is 0 Å². The summed E-state index contributed by atoms with van der Waals surface area (Å²) in [5.74, 6) is 0. The third-order valence-corrected chi connectivity index (χ3v) is 4.15. The second-order valence-electron chi connectivity index (χ2n) is 7.45. The Hall–Kier alpha value is -2.31. The van der Waals surface area contributed by atoms with E-state index < -0.39 is 30.0 Å². The highest BCUT2D eigenvalue weighted by Gasteiger charge is 2.37. The number of rotatable bonds is 3. The molecule has 2 atom stereocenters. The molecule has 0 unspecified atom stereocenters. The van der Waals surface area contributed by atoms with Gasteiger partial charge in [0.1, 0.15) is 18.4 Å². The van der Waals surface area contributed by atoms with Gasteiger partial charge in [-0.05, 0) is 32.8 Å². The van der Waals surface area contributed by atoms with E-state index in [1.165, 1.54) is 16.8 Å². The highest BCUT2D eigenvalue weighted by molar-refractivity contribution is 5.69. The summed E-state index contributed by atoms with van der Waals surface area (Å²) in [7, 11) is 1.52. The van der Waals surface area contributed by atoms with Crippen LogP contribution in [0.15, 0.2) is 30.3 Å². The first-order valence-corrected chi connectivity index (χ1v) is 8.73. The van der Waals surface area contributed by atoms with E-state index in [1.54, 1.807) is 20.8 Å². The number of ether oxygens (including phenoxy) is 2. The summed E-state index contributed by atoms with van der Waals surface area (Å²) in [5.41, 5.74) is 0.239. The SMILES string of the molecule is CN(C(=O)OCc1ccccc1)[C@@H]1CCN(C(=O)OC(C)(C)C)C[C@@H]1F. The van der Waals surface area contributed by atoms with Crippen molar-refractivity contribution in [1.82, 2.24) is 9.80 Å². The van der Waals surface area contributed by atoms with Crippen molar-refractivity contribution in [3.8, 4) is 0 Å². The number of benzene rings is 1. The maximum absolute atomic E-state index is 14.6. The van der Waals surface area contributed by atoms with Crippen molar-refractivity contribution in [2.24, 2.45) is 0 Å². The lowest BCUT2D eigenvalue weighted by molar-refractivity contribution is -0.00260. The number of carbonyl (C=O) groups is 2. The molecule has 7 heteroatoms. The largest absolute Gasteiger partial charge is 0.445 e. The monoisotopic (exact) mass is 366 g/mol. The molecule has 1 aliphatic heterocycles. The van der Waals surface area contributed by atoms with Crippen molar-refractivity contribution >= 4 is 12.2 Å². The molecule has 144 valence electrons. The molecule has 1 heterocycles. The summed E-state index contributed by atoms with van der Waals surface area (Å²) in [6.07, 6.45) is -2.14. The molecule has 0 spiro atoms. The minimum absolute atomic E-state index is 0.101. The molecule has 2 amide bonds. The predicted octanol–water partition coefficient (Wildman–Crippen LogP) is 3.60.